The van der Waals surface area contributed by atoms with Gasteiger partial charge in [0.05, 0.1) is 12.0 Å². The van der Waals surface area contributed by atoms with Crippen molar-refractivity contribution in [1.82, 2.24) is 0 Å². The van der Waals surface area contributed by atoms with Crippen LogP contribution in [0.2, 0.25) is 0 Å². The lowest BCUT2D eigenvalue weighted by Crippen LogP contribution is -2.13. The van der Waals surface area contributed by atoms with Gasteiger partial charge in [-0.15, -0.1) is 0 Å². The van der Waals surface area contributed by atoms with Crippen molar-refractivity contribution in [2.45, 2.75) is 47.1 Å². The van der Waals surface area contributed by atoms with Crippen molar-refractivity contribution in [3.8, 4) is 22.6 Å². The van der Waals surface area contributed by atoms with Crippen LogP contribution in [0.3, 0.4) is 0 Å². The Kier molecular flexibility index (Phi) is 7.22. The number of hydrogen-bond donors (Lipinski definition) is 2. The Balaban J connectivity index is 1.72. The van der Waals surface area contributed by atoms with Crippen LogP contribution in [-0.2, 0) is 17.8 Å². The molecule has 0 saturated carbocycles. The predicted octanol–water partition coefficient (Wildman–Crippen LogP) is 6.19. The van der Waals surface area contributed by atoms with Crippen LogP contribution in [0.15, 0.2) is 60.7 Å². The zero-order chi connectivity index (χ0) is 24.2. The van der Waals surface area contributed by atoms with Gasteiger partial charge in [-0.25, -0.2) is 0 Å². The predicted molar refractivity (Wildman–Crippen MR) is 129 cm³/mol. The SMILES string of the molecule is Cc1c(OCc2cccc(-c3ccc(CC(=O)O)cc3)c2)ccc(C(=O)CC(C)(C)C)c1O. The molecule has 33 heavy (non-hydrogen) atoms. The number of benzene rings is 3. The summed E-state index contributed by atoms with van der Waals surface area (Å²) in [7, 11) is 0. The van der Waals surface area contributed by atoms with Gasteiger partial charge in [-0.3, -0.25) is 9.59 Å². The van der Waals surface area contributed by atoms with Gasteiger partial charge in [0, 0.05) is 12.0 Å². The number of carbonyl (C=O) groups is 2. The summed E-state index contributed by atoms with van der Waals surface area (Å²) in [6, 6.07) is 18.7. The van der Waals surface area contributed by atoms with Crippen molar-refractivity contribution in [3.63, 3.8) is 0 Å². The molecule has 172 valence electrons. The van der Waals surface area contributed by atoms with Crippen molar-refractivity contribution < 1.29 is 24.5 Å². The third kappa shape index (κ3) is 6.45. The first-order valence-corrected chi connectivity index (χ1v) is 10.9. The van der Waals surface area contributed by atoms with Gasteiger partial charge < -0.3 is 14.9 Å². The Hall–Kier alpha value is -3.60. The maximum absolute atomic E-state index is 12.5. The lowest BCUT2D eigenvalue weighted by Gasteiger charge is -2.18. The maximum atomic E-state index is 12.5. The van der Waals surface area contributed by atoms with E-state index in [2.05, 4.69) is 0 Å². The topological polar surface area (TPSA) is 83.8 Å². The number of Topliss-reactive ketones (excluding diaryl/α,β-unsaturated/α-hetero) is 1. The molecular weight excluding hydrogens is 416 g/mol. The van der Waals surface area contributed by atoms with Crippen LogP contribution in [-0.4, -0.2) is 22.0 Å². The summed E-state index contributed by atoms with van der Waals surface area (Å²) in [6.07, 6.45) is 0.352. The Bertz CT molecular complexity index is 1150. The summed E-state index contributed by atoms with van der Waals surface area (Å²) in [5.74, 6) is -0.438. The third-order valence-electron chi connectivity index (χ3n) is 5.34. The normalized spacial score (nSPS) is 11.3. The molecule has 0 unspecified atom stereocenters. The van der Waals surface area contributed by atoms with Crippen LogP contribution in [0.25, 0.3) is 11.1 Å². The fourth-order valence-electron chi connectivity index (χ4n) is 3.63. The molecule has 2 N–H and O–H groups in total. The van der Waals surface area contributed by atoms with E-state index in [-0.39, 0.29) is 23.4 Å². The first kappa shape index (κ1) is 24.1. The first-order chi connectivity index (χ1) is 15.5. The molecule has 0 heterocycles. The van der Waals surface area contributed by atoms with E-state index < -0.39 is 5.97 Å². The highest BCUT2D eigenvalue weighted by Gasteiger charge is 2.21. The van der Waals surface area contributed by atoms with Crippen molar-refractivity contribution >= 4 is 11.8 Å². The smallest absolute Gasteiger partial charge is 0.307 e. The second-order valence-corrected chi connectivity index (χ2v) is 9.50. The fraction of sp³-hybridized carbons (Fsp3) is 0.286. The molecule has 0 saturated heterocycles. The molecule has 0 aliphatic carbocycles. The van der Waals surface area contributed by atoms with Crippen LogP contribution >= 0.6 is 0 Å². The highest BCUT2D eigenvalue weighted by atomic mass is 16.5. The second-order valence-electron chi connectivity index (χ2n) is 9.50. The molecule has 0 aliphatic rings. The highest BCUT2D eigenvalue weighted by molar-refractivity contribution is 5.99. The maximum Gasteiger partial charge on any atom is 0.307 e. The summed E-state index contributed by atoms with van der Waals surface area (Å²) >= 11 is 0. The molecule has 0 bridgehead atoms. The third-order valence-corrected chi connectivity index (χ3v) is 5.34. The number of hydrogen-bond acceptors (Lipinski definition) is 4. The Labute approximate surface area is 194 Å². The Morgan fingerprint density at radius 3 is 2.24 bits per heavy atom. The summed E-state index contributed by atoms with van der Waals surface area (Å²) in [6.45, 7) is 8.02. The number of carbonyl (C=O) groups excluding carboxylic acids is 1. The van der Waals surface area contributed by atoms with Gasteiger partial charge in [0.2, 0.25) is 0 Å². The van der Waals surface area contributed by atoms with E-state index in [1.54, 1.807) is 19.1 Å². The van der Waals surface area contributed by atoms with Crippen LogP contribution in [0.4, 0.5) is 0 Å². The lowest BCUT2D eigenvalue weighted by molar-refractivity contribution is -0.136. The van der Waals surface area contributed by atoms with Gasteiger partial charge in [-0.2, -0.15) is 0 Å². The molecule has 0 fully saturated rings. The number of phenolic OH excluding ortho intramolecular Hbond substituents is 1. The quantitative estimate of drug-likeness (QED) is 0.403. The molecule has 0 spiro atoms. The monoisotopic (exact) mass is 446 g/mol. The first-order valence-electron chi connectivity index (χ1n) is 10.9. The number of rotatable bonds is 8. The summed E-state index contributed by atoms with van der Waals surface area (Å²) in [5.41, 5.74) is 4.40. The molecule has 3 aromatic carbocycles. The van der Waals surface area contributed by atoms with Crippen molar-refractivity contribution in [3.05, 3.63) is 82.9 Å². The van der Waals surface area contributed by atoms with Crippen LogP contribution in [0.1, 0.15) is 54.2 Å². The molecule has 5 heteroatoms. The van der Waals surface area contributed by atoms with E-state index in [9.17, 15) is 14.7 Å². The van der Waals surface area contributed by atoms with Crippen LogP contribution < -0.4 is 4.74 Å². The molecule has 0 aliphatic heterocycles. The van der Waals surface area contributed by atoms with Gasteiger partial charge >= 0.3 is 5.97 Å². The van der Waals surface area contributed by atoms with E-state index in [1.165, 1.54) is 0 Å². The molecule has 0 aromatic heterocycles. The largest absolute Gasteiger partial charge is 0.507 e. The van der Waals surface area contributed by atoms with E-state index in [4.69, 9.17) is 9.84 Å². The van der Waals surface area contributed by atoms with Crippen molar-refractivity contribution in [2.75, 3.05) is 0 Å². The second kappa shape index (κ2) is 9.90. The number of carboxylic acids is 1. The molecule has 5 nitrogen and oxygen atoms in total. The van der Waals surface area contributed by atoms with Gasteiger partial charge in [-0.1, -0.05) is 63.2 Å². The minimum atomic E-state index is -0.852. The van der Waals surface area contributed by atoms with E-state index in [0.717, 1.165) is 22.3 Å². The zero-order valence-corrected chi connectivity index (χ0v) is 19.5. The Morgan fingerprint density at radius 2 is 1.61 bits per heavy atom. The van der Waals surface area contributed by atoms with E-state index >= 15 is 0 Å². The van der Waals surface area contributed by atoms with Gasteiger partial charge in [-0.05, 0) is 52.8 Å². The number of ether oxygens (including phenoxy) is 1. The fourth-order valence-corrected chi connectivity index (χ4v) is 3.63. The molecule has 3 rings (SSSR count). The Morgan fingerprint density at radius 1 is 0.909 bits per heavy atom. The van der Waals surface area contributed by atoms with Gasteiger partial charge in [0.1, 0.15) is 18.1 Å². The number of carboxylic acid groups (broad SMARTS) is 1. The number of ketones is 1. The molecule has 0 atom stereocenters. The summed E-state index contributed by atoms with van der Waals surface area (Å²) < 4.78 is 5.96. The minimum Gasteiger partial charge on any atom is -0.507 e. The number of aromatic hydroxyl groups is 1. The zero-order valence-electron chi connectivity index (χ0n) is 19.5. The van der Waals surface area contributed by atoms with Crippen molar-refractivity contribution in [2.24, 2.45) is 5.41 Å². The van der Waals surface area contributed by atoms with E-state index in [1.807, 2.05) is 69.3 Å². The average molecular weight is 447 g/mol. The van der Waals surface area contributed by atoms with Crippen LogP contribution in [0, 0.1) is 12.3 Å². The number of aliphatic carboxylic acids is 1. The van der Waals surface area contributed by atoms with Gasteiger partial charge in [0.15, 0.2) is 5.78 Å². The lowest BCUT2D eigenvalue weighted by atomic mass is 9.87. The van der Waals surface area contributed by atoms with E-state index in [0.29, 0.717) is 29.9 Å². The average Bonchev–Trinajstić information content (AvgIpc) is 2.74. The summed E-state index contributed by atoms with van der Waals surface area (Å²) in [4.78, 5) is 23.4. The molecule has 0 amide bonds. The van der Waals surface area contributed by atoms with Crippen molar-refractivity contribution in [1.29, 1.82) is 0 Å². The van der Waals surface area contributed by atoms with Gasteiger partial charge in [0.25, 0.3) is 0 Å². The number of phenols is 1. The molecular formula is C28H30O5. The molecule has 0 radical (unpaired) electrons. The van der Waals surface area contributed by atoms with Crippen LogP contribution in [0.5, 0.6) is 11.5 Å². The summed E-state index contributed by atoms with van der Waals surface area (Å²) in [5, 5.41) is 19.5. The highest BCUT2D eigenvalue weighted by Crippen LogP contribution is 2.33. The minimum absolute atomic E-state index is 0.000941. The molecule has 3 aromatic rings. The standard InChI is InChI=1S/C28H30O5/c1-18-25(13-12-23(27(18)32)24(29)16-28(2,3)4)33-17-20-6-5-7-22(14-20)21-10-8-19(9-11-21)15-26(30)31/h5-14,32H,15-17H2,1-4H3,(H,30,31).